The van der Waals surface area contributed by atoms with E-state index in [9.17, 15) is 4.79 Å². The molecule has 0 atom stereocenters. The quantitative estimate of drug-likeness (QED) is 0.534. The van der Waals surface area contributed by atoms with Crippen molar-refractivity contribution in [2.24, 2.45) is 11.7 Å². The van der Waals surface area contributed by atoms with Crippen LogP contribution in [0.2, 0.25) is 0 Å². The van der Waals surface area contributed by atoms with Crippen molar-refractivity contribution in [1.29, 1.82) is 0 Å². The summed E-state index contributed by atoms with van der Waals surface area (Å²) in [4.78, 5) is 12.3. The van der Waals surface area contributed by atoms with Gasteiger partial charge in [-0.1, -0.05) is 6.92 Å². The highest BCUT2D eigenvalue weighted by molar-refractivity contribution is 5.72. The number of nitrogens with zero attached hydrogens (tertiary/aromatic N) is 1. The molecule has 0 spiro atoms. The second-order valence-corrected chi connectivity index (χ2v) is 3.01. The van der Waals surface area contributed by atoms with Crippen LogP contribution >= 0.6 is 0 Å². The number of nitrogens with two attached hydrogens (primary N) is 1. The Hall–Kier alpha value is -0.730. The molecule has 1 fully saturated rings. The van der Waals surface area contributed by atoms with E-state index in [4.69, 9.17) is 5.73 Å². The van der Waals surface area contributed by atoms with E-state index in [-0.39, 0.29) is 6.03 Å². The molecular formula is C7H14N2O. The second-order valence-electron chi connectivity index (χ2n) is 3.01. The van der Waals surface area contributed by atoms with Crippen LogP contribution in [0, 0.1) is 5.92 Å². The van der Waals surface area contributed by atoms with E-state index in [1.807, 2.05) is 0 Å². The van der Waals surface area contributed by atoms with Gasteiger partial charge in [-0.15, -0.1) is 0 Å². The molecule has 1 aliphatic heterocycles. The lowest BCUT2D eigenvalue weighted by atomic mass is 10.00. The molecule has 0 aromatic rings. The Bertz CT molecular complexity index is 128. The van der Waals surface area contributed by atoms with E-state index in [0.717, 1.165) is 31.8 Å². The first-order chi connectivity index (χ1) is 4.70. The molecule has 3 nitrogen and oxygen atoms in total. The lowest BCUT2D eigenvalue weighted by Crippen LogP contribution is -2.41. The Labute approximate surface area is 61.2 Å². The van der Waals surface area contributed by atoms with E-state index in [0.29, 0.717) is 0 Å². The third-order valence-electron chi connectivity index (χ3n) is 2.10. The molecular weight excluding hydrogens is 128 g/mol. The van der Waals surface area contributed by atoms with Crippen molar-refractivity contribution in [2.45, 2.75) is 19.8 Å². The fourth-order valence-corrected chi connectivity index (χ4v) is 1.23. The minimum Gasteiger partial charge on any atom is -0.351 e. The highest BCUT2D eigenvalue weighted by Crippen LogP contribution is 2.14. The molecule has 0 bridgehead atoms. The molecule has 1 aliphatic rings. The smallest absolute Gasteiger partial charge is 0.314 e. The highest BCUT2D eigenvalue weighted by atomic mass is 16.2. The number of hydrogen-bond acceptors (Lipinski definition) is 1. The van der Waals surface area contributed by atoms with Crippen molar-refractivity contribution < 1.29 is 4.79 Å². The zero-order chi connectivity index (χ0) is 7.56. The van der Waals surface area contributed by atoms with Crippen LogP contribution in [-0.2, 0) is 0 Å². The summed E-state index contributed by atoms with van der Waals surface area (Å²) in [7, 11) is 0. The maximum Gasteiger partial charge on any atom is 0.314 e. The Morgan fingerprint density at radius 3 is 2.40 bits per heavy atom. The van der Waals surface area contributed by atoms with Crippen molar-refractivity contribution in [3.05, 3.63) is 0 Å². The Kier molecular flexibility index (Phi) is 2.14. The molecule has 10 heavy (non-hydrogen) atoms. The lowest BCUT2D eigenvalue weighted by Gasteiger charge is -2.28. The fraction of sp³-hybridized carbons (Fsp3) is 0.857. The first-order valence-electron chi connectivity index (χ1n) is 3.74. The van der Waals surface area contributed by atoms with Crippen LogP contribution in [0.5, 0.6) is 0 Å². The minimum atomic E-state index is -0.271. The third kappa shape index (κ3) is 1.62. The van der Waals surface area contributed by atoms with Gasteiger partial charge in [0.05, 0.1) is 0 Å². The van der Waals surface area contributed by atoms with E-state index in [1.54, 1.807) is 4.90 Å². The van der Waals surface area contributed by atoms with Crippen molar-refractivity contribution >= 4 is 6.03 Å². The van der Waals surface area contributed by atoms with Gasteiger partial charge in [0.15, 0.2) is 0 Å². The molecule has 1 rings (SSSR count). The number of piperidine rings is 1. The van der Waals surface area contributed by atoms with Gasteiger partial charge < -0.3 is 10.6 Å². The summed E-state index contributed by atoms with van der Waals surface area (Å²) in [5.74, 6) is 0.760. The SMILES string of the molecule is CC1CCN(C(N)=O)CC1. The van der Waals surface area contributed by atoms with E-state index in [1.165, 1.54) is 0 Å². The number of carbonyl (C=O) groups excluding carboxylic acids is 1. The number of carbonyl (C=O) groups is 1. The average Bonchev–Trinajstić information content (AvgIpc) is 1.88. The zero-order valence-corrected chi connectivity index (χ0v) is 6.34. The lowest BCUT2D eigenvalue weighted by molar-refractivity contribution is 0.183. The van der Waals surface area contributed by atoms with Crippen molar-refractivity contribution in [1.82, 2.24) is 4.90 Å². The molecule has 2 amide bonds. The van der Waals surface area contributed by atoms with Crippen LogP contribution in [0.15, 0.2) is 0 Å². The first kappa shape index (κ1) is 7.38. The van der Waals surface area contributed by atoms with Gasteiger partial charge in [0.2, 0.25) is 0 Å². The monoisotopic (exact) mass is 142 g/mol. The molecule has 0 aromatic carbocycles. The predicted octanol–water partition coefficient (Wildman–Crippen LogP) is 0.797. The highest BCUT2D eigenvalue weighted by Gasteiger charge is 2.17. The minimum absolute atomic E-state index is 0.271. The van der Waals surface area contributed by atoms with E-state index < -0.39 is 0 Å². The van der Waals surface area contributed by atoms with Crippen LogP contribution in [0.1, 0.15) is 19.8 Å². The molecule has 0 aliphatic carbocycles. The van der Waals surface area contributed by atoms with Crippen molar-refractivity contribution in [3.8, 4) is 0 Å². The topological polar surface area (TPSA) is 46.3 Å². The average molecular weight is 142 g/mol. The van der Waals surface area contributed by atoms with Gasteiger partial charge in [-0.05, 0) is 18.8 Å². The van der Waals surface area contributed by atoms with Crippen molar-refractivity contribution in [3.63, 3.8) is 0 Å². The molecule has 3 heteroatoms. The third-order valence-corrected chi connectivity index (χ3v) is 2.10. The van der Waals surface area contributed by atoms with Gasteiger partial charge in [0, 0.05) is 13.1 Å². The predicted molar refractivity (Wildman–Crippen MR) is 39.6 cm³/mol. The van der Waals surface area contributed by atoms with E-state index in [2.05, 4.69) is 6.92 Å². The molecule has 0 saturated carbocycles. The molecule has 58 valence electrons. The molecule has 0 unspecified atom stereocenters. The number of hydrogen-bond donors (Lipinski definition) is 1. The molecule has 1 heterocycles. The van der Waals surface area contributed by atoms with Crippen molar-refractivity contribution in [2.75, 3.05) is 13.1 Å². The maximum absolute atomic E-state index is 10.6. The normalized spacial score (nSPS) is 21.1. The number of rotatable bonds is 0. The van der Waals surface area contributed by atoms with Gasteiger partial charge >= 0.3 is 6.03 Å². The number of primary amides is 1. The summed E-state index contributed by atoms with van der Waals surface area (Å²) in [6.45, 7) is 3.89. The van der Waals surface area contributed by atoms with Crippen LogP contribution in [-0.4, -0.2) is 24.0 Å². The number of urea groups is 1. The maximum atomic E-state index is 10.6. The summed E-state index contributed by atoms with van der Waals surface area (Å²) in [6, 6.07) is -0.271. The van der Waals surface area contributed by atoms with Gasteiger partial charge in [-0.3, -0.25) is 0 Å². The Morgan fingerprint density at radius 1 is 1.50 bits per heavy atom. The molecule has 0 aromatic heterocycles. The Morgan fingerprint density at radius 2 is 2.00 bits per heavy atom. The molecule has 1 saturated heterocycles. The first-order valence-corrected chi connectivity index (χ1v) is 3.74. The van der Waals surface area contributed by atoms with Gasteiger partial charge in [-0.2, -0.15) is 0 Å². The summed E-state index contributed by atoms with van der Waals surface area (Å²) < 4.78 is 0. The van der Waals surface area contributed by atoms with Crippen LogP contribution in [0.25, 0.3) is 0 Å². The van der Waals surface area contributed by atoms with Gasteiger partial charge in [0.25, 0.3) is 0 Å². The number of likely N-dealkylation sites (tertiary alicyclic amines) is 1. The summed E-state index contributed by atoms with van der Waals surface area (Å²) in [6.07, 6.45) is 2.20. The molecule has 2 N–H and O–H groups in total. The standard InChI is InChI=1S/C7H14N2O/c1-6-2-4-9(5-3-6)7(8)10/h6H,2-5H2,1H3,(H2,8,10). The van der Waals surface area contributed by atoms with Crippen LogP contribution < -0.4 is 5.73 Å². The number of amides is 2. The largest absolute Gasteiger partial charge is 0.351 e. The summed E-state index contributed by atoms with van der Waals surface area (Å²) in [5.41, 5.74) is 5.10. The molecule has 0 radical (unpaired) electrons. The van der Waals surface area contributed by atoms with Crippen LogP contribution in [0.4, 0.5) is 4.79 Å². The van der Waals surface area contributed by atoms with E-state index >= 15 is 0 Å². The summed E-state index contributed by atoms with van der Waals surface area (Å²) >= 11 is 0. The van der Waals surface area contributed by atoms with Gasteiger partial charge in [0.1, 0.15) is 0 Å². The fourth-order valence-electron chi connectivity index (χ4n) is 1.23. The second kappa shape index (κ2) is 2.90. The Balaban J connectivity index is 2.33. The zero-order valence-electron chi connectivity index (χ0n) is 6.34. The van der Waals surface area contributed by atoms with Gasteiger partial charge in [-0.25, -0.2) is 4.79 Å². The van der Waals surface area contributed by atoms with Crippen LogP contribution in [0.3, 0.4) is 0 Å². The summed E-state index contributed by atoms with van der Waals surface area (Å²) in [5, 5.41) is 0.